The van der Waals surface area contributed by atoms with Gasteiger partial charge in [-0.1, -0.05) is 0 Å². The van der Waals surface area contributed by atoms with Crippen LogP contribution in [0.2, 0.25) is 0 Å². The molecule has 10 heavy (non-hydrogen) atoms. The Hall–Kier alpha value is -1.06. The van der Waals surface area contributed by atoms with Crippen LogP contribution in [0, 0.1) is 5.92 Å². The highest BCUT2D eigenvalue weighted by Crippen LogP contribution is 2.44. The predicted molar refractivity (Wildman–Crippen MR) is 31.2 cm³/mol. The molecule has 4 nitrogen and oxygen atoms in total. The lowest BCUT2D eigenvalue weighted by Crippen LogP contribution is -2.50. The van der Waals surface area contributed by atoms with Gasteiger partial charge >= 0.3 is 5.97 Å². The van der Waals surface area contributed by atoms with E-state index in [1.165, 1.54) is 0 Å². The summed E-state index contributed by atoms with van der Waals surface area (Å²) in [6.07, 6.45) is 0.975. The topological polar surface area (TPSA) is 66.4 Å². The fourth-order valence-electron chi connectivity index (χ4n) is 1.63. The highest BCUT2D eigenvalue weighted by molar-refractivity contribution is 5.96. The van der Waals surface area contributed by atoms with E-state index in [9.17, 15) is 9.59 Å². The van der Waals surface area contributed by atoms with Crippen molar-refractivity contribution >= 4 is 11.9 Å². The first-order valence-corrected chi connectivity index (χ1v) is 3.19. The average Bonchev–Trinajstić information content (AvgIpc) is 2.16. The van der Waals surface area contributed by atoms with Crippen LogP contribution < -0.4 is 5.32 Å². The molecule has 1 amide bonds. The van der Waals surface area contributed by atoms with E-state index in [1.54, 1.807) is 0 Å². The highest BCUT2D eigenvalue weighted by Gasteiger charge is 2.60. The Balaban J connectivity index is 2.25. The second kappa shape index (κ2) is 1.33. The quantitative estimate of drug-likeness (QED) is 0.510. The van der Waals surface area contributed by atoms with Gasteiger partial charge < -0.3 is 10.4 Å². The monoisotopic (exact) mass is 141 g/mol. The molecule has 0 atom stereocenters. The fraction of sp³-hybridized carbons (Fsp3) is 0.667. The number of carboxylic acid groups (broad SMARTS) is 1. The van der Waals surface area contributed by atoms with Gasteiger partial charge in [-0.05, 0) is 12.8 Å². The van der Waals surface area contributed by atoms with Crippen molar-refractivity contribution in [3.05, 3.63) is 0 Å². The average molecular weight is 141 g/mol. The molecule has 3 fully saturated rings. The van der Waals surface area contributed by atoms with Crippen molar-refractivity contribution in [2.45, 2.75) is 18.4 Å². The number of hydrogen-bond donors (Lipinski definition) is 2. The number of aliphatic carboxylic acids is 1. The number of fused-ring (bicyclic) bond motifs is 1. The molecule has 0 radical (unpaired) electrons. The van der Waals surface area contributed by atoms with E-state index in [1.807, 2.05) is 0 Å². The molecule has 1 saturated carbocycles. The second-order valence-electron chi connectivity index (χ2n) is 2.98. The first kappa shape index (κ1) is 5.70. The minimum absolute atomic E-state index is 0.0175. The lowest BCUT2D eigenvalue weighted by atomic mass is 9.73. The summed E-state index contributed by atoms with van der Waals surface area (Å²) >= 11 is 0. The van der Waals surface area contributed by atoms with Crippen LogP contribution in [0.4, 0.5) is 0 Å². The van der Waals surface area contributed by atoms with Crippen molar-refractivity contribution in [1.29, 1.82) is 0 Å². The number of rotatable bonds is 1. The van der Waals surface area contributed by atoms with Gasteiger partial charge in [-0.2, -0.15) is 0 Å². The Morgan fingerprint density at radius 3 is 2.50 bits per heavy atom. The van der Waals surface area contributed by atoms with Gasteiger partial charge in [-0.3, -0.25) is 4.79 Å². The molecule has 2 heterocycles. The molecule has 4 heteroatoms. The molecule has 2 N–H and O–H groups in total. The van der Waals surface area contributed by atoms with Gasteiger partial charge in [0.05, 0.1) is 0 Å². The molecular weight excluding hydrogens is 134 g/mol. The molecule has 3 rings (SSSR count). The maximum atomic E-state index is 10.8. The summed E-state index contributed by atoms with van der Waals surface area (Å²) in [4.78, 5) is 21.2. The molecule has 1 aliphatic carbocycles. The lowest BCUT2D eigenvalue weighted by molar-refractivity contribution is -0.147. The molecule has 0 aromatic carbocycles. The zero-order valence-electron chi connectivity index (χ0n) is 5.26. The van der Waals surface area contributed by atoms with Crippen molar-refractivity contribution < 1.29 is 14.7 Å². The van der Waals surface area contributed by atoms with E-state index in [0.29, 0.717) is 12.8 Å². The summed E-state index contributed by atoms with van der Waals surface area (Å²) in [7, 11) is 0. The number of carbonyl (C=O) groups excluding carboxylic acids is 1. The summed E-state index contributed by atoms with van der Waals surface area (Å²) in [6.45, 7) is 0. The van der Waals surface area contributed by atoms with Crippen molar-refractivity contribution in [2.75, 3.05) is 0 Å². The maximum Gasteiger partial charge on any atom is 0.329 e. The Morgan fingerprint density at radius 1 is 1.70 bits per heavy atom. The minimum atomic E-state index is -0.894. The standard InChI is InChI=1S/C6H7NO3/c8-4-3-1-6(2-3,7-4)5(9)10/h3H,1-2H2,(H,7,8)(H,9,10). The van der Waals surface area contributed by atoms with Gasteiger partial charge in [0.2, 0.25) is 5.91 Å². The maximum absolute atomic E-state index is 10.8. The Labute approximate surface area is 57.2 Å². The molecule has 2 bridgehead atoms. The highest BCUT2D eigenvalue weighted by atomic mass is 16.4. The largest absolute Gasteiger partial charge is 0.480 e. The summed E-state index contributed by atoms with van der Waals surface area (Å²) in [5, 5.41) is 11.1. The van der Waals surface area contributed by atoms with E-state index in [0.717, 1.165) is 0 Å². The van der Waals surface area contributed by atoms with Gasteiger partial charge in [0.15, 0.2) is 0 Å². The molecule has 0 spiro atoms. The third-order valence-electron chi connectivity index (χ3n) is 2.33. The van der Waals surface area contributed by atoms with Crippen molar-refractivity contribution in [3.8, 4) is 0 Å². The summed E-state index contributed by atoms with van der Waals surface area (Å²) in [5.41, 5.74) is -0.873. The van der Waals surface area contributed by atoms with Gasteiger partial charge in [-0.15, -0.1) is 0 Å². The number of carbonyl (C=O) groups is 2. The third kappa shape index (κ3) is 0.427. The molecule has 54 valence electrons. The van der Waals surface area contributed by atoms with Crippen LogP contribution in [0.5, 0.6) is 0 Å². The first-order valence-electron chi connectivity index (χ1n) is 3.19. The van der Waals surface area contributed by atoms with Crippen molar-refractivity contribution in [2.24, 2.45) is 5.92 Å². The van der Waals surface area contributed by atoms with Crippen LogP contribution in [0.3, 0.4) is 0 Å². The van der Waals surface area contributed by atoms with Crippen LogP contribution in [-0.2, 0) is 9.59 Å². The van der Waals surface area contributed by atoms with Gasteiger partial charge in [0, 0.05) is 5.92 Å². The number of nitrogens with one attached hydrogen (secondary N) is 1. The molecule has 0 unspecified atom stereocenters. The van der Waals surface area contributed by atoms with Crippen LogP contribution in [0.1, 0.15) is 12.8 Å². The van der Waals surface area contributed by atoms with Crippen molar-refractivity contribution in [1.82, 2.24) is 5.32 Å². The number of carboxylic acids is 1. The fourth-order valence-corrected chi connectivity index (χ4v) is 1.63. The van der Waals surface area contributed by atoms with Crippen LogP contribution in [0.25, 0.3) is 0 Å². The van der Waals surface area contributed by atoms with Crippen molar-refractivity contribution in [3.63, 3.8) is 0 Å². The van der Waals surface area contributed by atoms with Gasteiger partial charge in [-0.25, -0.2) is 4.79 Å². The molecule has 2 saturated heterocycles. The van der Waals surface area contributed by atoms with Gasteiger partial charge in [0.25, 0.3) is 0 Å². The van der Waals surface area contributed by atoms with E-state index < -0.39 is 11.5 Å². The number of amides is 1. The Kier molecular flexibility index (Phi) is 0.760. The zero-order valence-corrected chi connectivity index (χ0v) is 5.26. The summed E-state index contributed by atoms with van der Waals surface area (Å²) in [6, 6.07) is 0. The molecule has 2 aliphatic heterocycles. The molecule has 0 aromatic heterocycles. The molecule has 3 aliphatic rings. The zero-order chi connectivity index (χ0) is 7.35. The van der Waals surface area contributed by atoms with E-state index in [-0.39, 0.29) is 11.8 Å². The van der Waals surface area contributed by atoms with E-state index >= 15 is 0 Å². The molecular formula is C6H7NO3. The summed E-state index contributed by atoms with van der Waals surface area (Å²) < 4.78 is 0. The Bertz CT molecular complexity index is 217. The smallest absolute Gasteiger partial charge is 0.329 e. The Morgan fingerprint density at radius 2 is 2.30 bits per heavy atom. The number of hydrogen-bond acceptors (Lipinski definition) is 2. The van der Waals surface area contributed by atoms with Gasteiger partial charge in [0.1, 0.15) is 5.54 Å². The third-order valence-corrected chi connectivity index (χ3v) is 2.33. The first-order chi connectivity index (χ1) is 4.64. The minimum Gasteiger partial charge on any atom is -0.480 e. The SMILES string of the molecule is O=C1NC2(C(=O)O)CC1C2. The van der Waals surface area contributed by atoms with Crippen LogP contribution in [0.15, 0.2) is 0 Å². The van der Waals surface area contributed by atoms with E-state index in [4.69, 9.17) is 5.11 Å². The predicted octanol–water partition coefficient (Wildman–Crippen LogP) is -0.650. The second-order valence-corrected chi connectivity index (χ2v) is 2.98. The lowest BCUT2D eigenvalue weighted by Gasteiger charge is -2.30. The van der Waals surface area contributed by atoms with E-state index in [2.05, 4.69) is 5.32 Å². The molecule has 0 aromatic rings. The normalized spacial score (nSPS) is 42.4. The van der Waals surface area contributed by atoms with Crippen LogP contribution in [-0.4, -0.2) is 22.5 Å². The van der Waals surface area contributed by atoms with Crippen LogP contribution >= 0.6 is 0 Å². The summed E-state index contributed by atoms with van der Waals surface area (Å²) in [5.74, 6) is -1.01.